The molecule has 0 bridgehead atoms. The number of aliphatic carboxylic acids is 1. The van der Waals surface area contributed by atoms with Crippen molar-refractivity contribution >= 4 is 17.7 Å². The van der Waals surface area contributed by atoms with Crippen LogP contribution < -0.4 is 10.6 Å². The van der Waals surface area contributed by atoms with Gasteiger partial charge in [0.2, 0.25) is 5.91 Å². The third kappa shape index (κ3) is 4.92. The summed E-state index contributed by atoms with van der Waals surface area (Å²) in [5.74, 6) is 0.170. The van der Waals surface area contributed by atoms with Gasteiger partial charge in [-0.2, -0.15) is 0 Å². The van der Waals surface area contributed by atoms with Crippen LogP contribution in [0, 0.1) is 5.92 Å². The number of hydrogen-bond acceptors (Lipinski definition) is 5. The van der Waals surface area contributed by atoms with E-state index in [4.69, 9.17) is 5.11 Å². The van der Waals surface area contributed by atoms with E-state index in [0.29, 0.717) is 19.6 Å². The Bertz CT molecular complexity index is 629. The number of aromatic nitrogens is 1. The Balaban J connectivity index is 1.29. The van der Waals surface area contributed by atoms with Gasteiger partial charge in [-0.15, -0.1) is 0 Å². The fraction of sp³-hybridized carbons (Fsp3) is 0.611. The number of pyridine rings is 1. The Morgan fingerprint density at radius 2 is 2.16 bits per heavy atom. The van der Waals surface area contributed by atoms with Crippen LogP contribution in [0.25, 0.3) is 0 Å². The molecule has 0 aromatic carbocycles. The van der Waals surface area contributed by atoms with Crippen LogP contribution in [0.4, 0.5) is 5.82 Å². The zero-order valence-corrected chi connectivity index (χ0v) is 14.5. The van der Waals surface area contributed by atoms with Gasteiger partial charge in [-0.25, -0.2) is 4.98 Å². The molecule has 1 aromatic heterocycles. The van der Waals surface area contributed by atoms with Crippen molar-refractivity contribution in [2.75, 3.05) is 38.0 Å². The van der Waals surface area contributed by atoms with Crippen LogP contribution in [0.5, 0.6) is 0 Å². The molecule has 1 amide bonds. The standard InChI is InChI=1S/C18H26N4O3/c23-16(24)12-22-10-14(11-22)18(25)20-8-2-1-5-15-7-6-13-4-3-9-19-17(13)21-15/h6-7,14H,1-5,8-12H2,(H,19,21)(H,20,25)(H,23,24). The number of hydrogen-bond donors (Lipinski definition) is 3. The topological polar surface area (TPSA) is 94.6 Å². The molecule has 7 nitrogen and oxygen atoms in total. The number of rotatable bonds is 8. The van der Waals surface area contributed by atoms with E-state index >= 15 is 0 Å². The number of amides is 1. The molecule has 1 aromatic rings. The highest BCUT2D eigenvalue weighted by atomic mass is 16.4. The molecule has 25 heavy (non-hydrogen) atoms. The van der Waals surface area contributed by atoms with Crippen LogP contribution in [-0.4, -0.2) is 59.6 Å². The van der Waals surface area contributed by atoms with E-state index in [0.717, 1.165) is 43.7 Å². The first-order valence-corrected chi connectivity index (χ1v) is 9.06. The van der Waals surface area contributed by atoms with E-state index in [9.17, 15) is 9.59 Å². The summed E-state index contributed by atoms with van der Waals surface area (Å²) in [4.78, 5) is 29.0. The van der Waals surface area contributed by atoms with E-state index in [-0.39, 0.29) is 18.4 Å². The molecule has 1 fully saturated rings. The average Bonchev–Trinajstić information content (AvgIpc) is 2.57. The second-order valence-electron chi connectivity index (χ2n) is 6.87. The van der Waals surface area contributed by atoms with Crippen LogP contribution in [0.2, 0.25) is 0 Å². The fourth-order valence-corrected chi connectivity index (χ4v) is 3.35. The van der Waals surface area contributed by atoms with E-state index in [1.165, 1.54) is 12.0 Å². The number of carboxylic acids is 1. The van der Waals surface area contributed by atoms with Gasteiger partial charge in [-0.1, -0.05) is 6.07 Å². The molecule has 3 heterocycles. The largest absolute Gasteiger partial charge is 0.480 e. The minimum absolute atomic E-state index is 0.0203. The molecule has 3 N–H and O–H groups in total. The number of aryl methyl sites for hydroxylation is 2. The summed E-state index contributed by atoms with van der Waals surface area (Å²) in [5.41, 5.74) is 2.41. The second kappa shape index (κ2) is 8.29. The maximum atomic E-state index is 11.9. The number of anilines is 1. The van der Waals surface area contributed by atoms with Crippen molar-refractivity contribution in [2.24, 2.45) is 5.92 Å². The van der Waals surface area contributed by atoms with Crippen LogP contribution in [0.15, 0.2) is 12.1 Å². The summed E-state index contributed by atoms with van der Waals surface area (Å²) in [6.45, 7) is 2.78. The first-order chi connectivity index (χ1) is 12.1. The lowest BCUT2D eigenvalue weighted by atomic mass is 9.99. The second-order valence-corrected chi connectivity index (χ2v) is 6.87. The van der Waals surface area contributed by atoms with Crippen molar-refractivity contribution in [3.63, 3.8) is 0 Å². The Hall–Kier alpha value is -2.15. The molecule has 0 radical (unpaired) electrons. The molecular formula is C18H26N4O3. The minimum Gasteiger partial charge on any atom is -0.480 e. The van der Waals surface area contributed by atoms with Crippen LogP contribution in [-0.2, 0) is 22.4 Å². The molecule has 0 aliphatic carbocycles. The van der Waals surface area contributed by atoms with E-state index in [2.05, 4.69) is 27.8 Å². The third-order valence-corrected chi connectivity index (χ3v) is 4.80. The van der Waals surface area contributed by atoms with Gasteiger partial charge < -0.3 is 15.7 Å². The normalized spacial score (nSPS) is 17.3. The number of carboxylic acid groups (broad SMARTS) is 1. The predicted molar refractivity (Wildman–Crippen MR) is 94.6 cm³/mol. The lowest BCUT2D eigenvalue weighted by Gasteiger charge is -2.36. The van der Waals surface area contributed by atoms with Gasteiger partial charge in [-0.05, 0) is 43.7 Å². The molecule has 136 valence electrons. The lowest BCUT2D eigenvalue weighted by molar-refractivity contribution is -0.143. The van der Waals surface area contributed by atoms with Gasteiger partial charge in [0.15, 0.2) is 0 Å². The van der Waals surface area contributed by atoms with Gasteiger partial charge in [0.1, 0.15) is 5.82 Å². The number of fused-ring (bicyclic) bond motifs is 1. The van der Waals surface area contributed by atoms with Crippen molar-refractivity contribution < 1.29 is 14.7 Å². The molecule has 0 spiro atoms. The van der Waals surface area contributed by atoms with Crippen molar-refractivity contribution in [3.05, 3.63) is 23.4 Å². The molecule has 1 saturated heterocycles. The maximum absolute atomic E-state index is 11.9. The van der Waals surface area contributed by atoms with Crippen molar-refractivity contribution in [1.82, 2.24) is 15.2 Å². The Morgan fingerprint density at radius 1 is 1.32 bits per heavy atom. The van der Waals surface area contributed by atoms with Gasteiger partial charge in [-0.3, -0.25) is 14.5 Å². The van der Waals surface area contributed by atoms with Crippen LogP contribution in [0.3, 0.4) is 0 Å². The highest BCUT2D eigenvalue weighted by molar-refractivity contribution is 5.80. The minimum atomic E-state index is -0.843. The van der Waals surface area contributed by atoms with Gasteiger partial charge >= 0.3 is 5.97 Å². The molecule has 3 rings (SSSR count). The number of carbonyl (C=O) groups excluding carboxylic acids is 1. The van der Waals surface area contributed by atoms with E-state index < -0.39 is 5.97 Å². The molecular weight excluding hydrogens is 320 g/mol. The van der Waals surface area contributed by atoms with Gasteiger partial charge in [0, 0.05) is 31.9 Å². The third-order valence-electron chi connectivity index (χ3n) is 4.80. The van der Waals surface area contributed by atoms with Crippen molar-refractivity contribution in [2.45, 2.75) is 32.1 Å². The molecule has 7 heteroatoms. The van der Waals surface area contributed by atoms with Crippen molar-refractivity contribution in [1.29, 1.82) is 0 Å². The molecule has 0 unspecified atom stereocenters. The Kier molecular flexibility index (Phi) is 5.86. The quantitative estimate of drug-likeness (QED) is 0.605. The number of likely N-dealkylation sites (tertiary alicyclic amines) is 1. The summed E-state index contributed by atoms with van der Waals surface area (Å²) in [7, 11) is 0. The summed E-state index contributed by atoms with van der Waals surface area (Å²) < 4.78 is 0. The summed E-state index contributed by atoms with van der Waals surface area (Å²) >= 11 is 0. The first kappa shape index (κ1) is 17.7. The fourth-order valence-electron chi connectivity index (χ4n) is 3.35. The molecule has 2 aliphatic rings. The highest BCUT2D eigenvalue weighted by Gasteiger charge is 2.33. The van der Waals surface area contributed by atoms with E-state index in [1.54, 1.807) is 4.90 Å². The van der Waals surface area contributed by atoms with E-state index in [1.807, 2.05) is 0 Å². The Labute approximate surface area is 147 Å². The van der Waals surface area contributed by atoms with Gasteiger partial charge in [0.25, 0.3) is 0 Å². The first-order valence-electron chi connectivity index (χ1n) is 9.06. The van der Waals surface area contributed by atoms with Crippen molar-refractivity contribution in [3.8, 4) is 0 Å². The predicted octanol–water partition coefficient (Wildman–Crippen LogP) is 0.895. The number of unbranched alkanes of at least 4 members (excludes halogenated alkanes) is 1. The number of nitrogens with one attached hydrogen (secondary N) is 2. The maximum Gasteiger partial charge on any atom is 0.317 e. The number of nitrogens with zero attached hydrogens (tertiary/aromatic N) is 2. The van der Waals surface area contributed by atoms with Gasteiger partial charge in [0.05, 0.1) is 12.5 Å². The summed E-state index contributed by atoms with van der Waals surface area (Å²) in [6.07, 6.45) is 5.10. The van der Waals surface area contributed by atoms with Crippen LogP contribution in [0.1, 0.15) is 30.5 Å². The highest BCUT2D eigenvalue weighted by Crippen LogP contribution is 2.20. The Morgan fingerprint density at radius 3 is 2.96 bits per heavy atom. The molecule has 2 aliphatic heterocycles. The lowest BCUT2D eigenvalue weighted by Crippen LogP contribution is -2.54. The molecule has 0 saturated carbocycles. The molecule has 0 atom stereocenters. The van der Waals surface area contributed by atoms with Crippen LogP contribution >= 0.6 is 0 Å². The zero-order valence-electron chi connectivity index (χ0n) is 14.5. The monoisotopic (exact) mass is 346 g/mol. The number of carbonyl (C=O) groups is 2. The average molecular weight is 346 g/mol. The smallest absolute Gasteiger partial charge is 0.317 e. The summed E-state index contributed by atoms with van der Waals surface area (Å²) in [6, 6.07) is 4.28. The SMILES string of the molecule is O=C(O)CN1CC(C(=O)NCCCCc2ccc3c(n2)NCCC3)C1. The zero-order chi connectivity index (χ0) is 17.6. The summed E-state index contributed by atoms with van der Waals surface area (Å²) in [5, 5.41) is 15.0.